The molecule has 4 rings (SSSR count). The van der Waals surface area contributed by atoms with Gasteiger partial charge in [-0.25, -0.2) is 14.1 Å². The maximum atomic E-state index is 14.3. The van der Waals surface area contributed by atoms with E-state index < -0.39 is 42.5 Å². The number of hydrogen-bond donors (Lipinski definition) is 6. The lowest BCUT2D eigenvalue weighted by atomic mass is 10.1. The average molecular weight is 629 g/mol. The summed E-state index contributed by atoms with van der Waals surface area (Å²) in [5.41, 5.74) is -1.89. The number of aromatic nitrogens is 3. The fraction of sp³-hybridized carbons (Fsp3) is 0.400. The monoisotopic (exact) mass is 628 g/mol. The number of benzene rings is 1. The molecule has 1 aromatic carbocycles. The van der Waals surface area contributed by atoms with Crippen LogP contribution in [0.5, 0.6) is 0 Å². The smallest absolute Gasteiger partial charge is 0.194 e. The van der Waals surface area contributed by atoms with Gasteiger partial charge in [-0.05, 0) is 30.9 Å². The van der Waals surface area contributed by atoms with E-state index in [1.807, 2.05) is 0 Å². The number of rotatable bonds is 9. The van der Waals surface area contributed by atoms with Crippen molar-refractivity contribution in [1.82, 2.24) is 14.8 Å². The molecule has 0 saturated carbocycles. The van der Waals surface area contributed by atoms with Crippen LogP contribution in [-0.4, -0.2) is 65.6 Å². The Morgan fingerprint density at radius 1 is 1.30 bits per heavy atom. The number of nitrogens with one attached hydrogen (secondary N) is 1. The van der Waals surface area contributed by atoms with Crippen molar-refractivity contribution >= 4 is 76.1 Å². The lowest BCUT2D eigenvalue weighted by Crippen LogP contribution is -2.33. The Bertz CT molecular complexity index is 1400. The van der Waals surface area contributed by atoms with E-state index in [1.165, 1.54) is 16.9 Å². The minimum Gasteiger partial charge on any atom is -0.387 e. The SMILES string of the molecule is C[C@H](Nc1cc(Cl)nc2c1cnn2[C@@H]1O[C@H](COP(O)(=S)CP(O)(=S)S)[C@@H](O)[C@H]1O)c1ccccc1F. The van der Waals surface area contributed by atoms with E-state index in [-0.39, 0.29) is 29.1 Å². The van der Waals surface area contributed by atoms with Gasteiger partial charge in [-0.1, -0.05) is 41.6 Å². The van der Waals surface area contributed by atoms with Gasteiger partial charge >= 0.3 is 0 Å². The Morgan fingerprint density at radius 3 is 2.68 bits per heavy atom. The van der Waals surface area contributed by atoms with Crippen LogP contribution in [0.3, 0.4) is 0 Å². The molecule has 37 heavy (non-hydrogen) atoms. The van der Waals surface area contributed by atoms with Crippen molar-refractivity contribution in [2.75, 3.05) is 17.8 Å². The van der Waals surface area contributed by atoms with E-state index in [0.29, 0.717) is 16.6 Å². The lowest BCUT2D eigenvalue weighted by Gasteiger charge is -2.21. The van der Waals surface area contributed by atoms with Gasteiger partial charge < -0.3 is 34.6 Å². The highest BCUT2D eigenvalue weighted by atomic mass is 35.5. The molecule has 0 bridgehead atoms. The lowest BCUT2D eigenvalue weighted by molar-refractivity contribution is -0.0531. The van der Waals surface area contributed by atoms with Crippen molar-refractivity contribution in [3.8, 4) is 0 Å². The number of nitrogens with zero attached hydrogens (tertiary/aromatic N) is 3. The molecular formula is C20H24ClFN4O6P2S3. The first kappa shape index (κ1) is 29.3. The summed E-state index contributed by atoms with van der Waals surface area (Å²) >= 11 is 19.9. The average Bonchev–Trinajstić information content (AvgIpc) is 3.32. The Morgan fingerprint density at radius 2 is 2.00 bits per heavy atom. The third-order valence-electron chi connectivity index (χ3n) is 5.66. The molecule has 7 atom stereocenters. The van der Waals surface area contributed by atoms with Crippen molar-refractivity contribution in [2.45, 2.75) is 37.5 Å². The van der Waals surface area contributed by atoms with Crippen LogP contribution in [0.4, 0.5) is 10.1 Å². The minimum absolute atomic E-state index is 0.109. The Kier molecular flexibility index (Phi) is 9.02. The first-order chi connectivity index (χ1) is 17.3. The highest BCUT2D eigenvalue weighted by molar-refractivity contribution is 8.62. The van der Waals surface area contributed by atoms with Crippen LogP contribution < -0.4 is 5.32 Å². The van der Waals surface area contributed by atoms with E-state index in [9.17, 15) is 24.4 Å². The summed E-state index contributed by atoms with van der Waals surface area (Å²) in [5, 5.41) is 29.3. The summed E-state index contributed by atoms with van der Waals surface area (Å²) in [5.74, 6) is -0.725. The van der Waals surface area contributed by atoms with Gasteiger partial charge in [0, 0.05) is 5.56 Å². The Balaban J connectivity index is 1.56. The largest absolute Gasteiger partial charge is 0.387 e. The standard InChI is InChI=1S/C20H24ClFN4O6P2S3/c1-10(11-4-2-3-5-13(11)22)24-14-6-16(21)25-19-12(14)7-23-26(19)20-18(28)17(27)15(32-20)8-31-33(29,35)9-34(30,36)37/h2-7,10,15,17-18,20,27-28H,8-9H2,1H3,(H,24,25)(H,29,35)(H2,30,36,37)/t10-,15+,17+,18+,20+,33?/m0/s1. The Hall–Kier alpha value is -0.730. The molecular weight excluding hydrogens is 605 g/mol. The number of fused-ring (bicyclic) bond motifs is 1. The van der Waals surface area contributed by atoms with Gasteiger partial charge in [0.05, 0.1) is 35.8 Å². The van der Waals surface area contributed by atoms with Gasteiger partial charge in [0.15, 0.2) is 18.4 Å². The molecule has 0 radical (unpaired) electrons. The number of thiol groups is 1. The molecule has 17 heteroatoms. The van der Waals surface area contributed by atoms with Crippen molar-refractivity contribution in [1.29, 1.82) is 0 Å². The summed E-state index contributed by atoms with van der Waals surface area (Å²) in [7, 11) is 0. The normalized spacial score (nSPS) is 26.1. The first-order valence-electron chi connectivity index (χ1n) is 10.8. The van der Waals surface area contributed by atoms with E-state index in [4.69, 9.17) is 44.5 Å². The van der Waals surface area contributed by atoms with Crippen LogP contribution >= 0.6 is 35.8 Å². The van der Waals surface area contributed by atoms with Crippen LogP contribution in [0.1, 0.15) is 24.8 Å². The second-order valence-electron chi connectivity index (χ2n) is 8.49. The van der Waals surface area contributed by atoms with Gasteiger partial charge in [-0.3, -0.25) is 0 Å². The summed E-state index contributed by atoms with van der Waals surface area (Å²) in [6.07, 6.45) is -3.62. The molecule has 1 saturated heterocycles. The van der Waals surface area contributed by atoms with E-state index in [0.717, 1.165) is 0 Å². The van der Waals surface area contributed by atoms with Gasteiger partial charge in [-0.2, -0.15) is 5.10 Å². The zero-order valence-corrected chi connectivity index (χ0v) is 24.2. The highest BCUT2D eigenvalue weighted by Crippen LogP contribution is 2.60. The predicted molar refractivity (Wildman–Crippen MR) is 150 cm³/mol. The summed E-state index contributed by atoms with van der Waals surface area (Å²) in [4.78, 5) is 24.3. The van der Waals surface area contributed by atoms with Crippen molar-refractivity contribution in [3.63, 3.8) is 0 Å². The molecule has 0 aliphatic carbocycles. The van der Waals surface area contributed by atoms with Gasteiger partial charge in [0.25, 0.3) is 0 Å². The number of ether oxygens (including phenoxy) is 1. The van der Waals surface area contributed by atoms with Crippen LogP contribution in [0.15, 0.2) is 36.5 Å². The molecule has 202 valence electrons. The number of aliphatic hydroxyl groups excluding tert-OH is 2. The number of pyridine rings is 1. The fourth-order valence-electron chi connectivity index (χ4n) is 3.96. The fourth-order valence-corrected chi connectivity index (χ4v) is 12.8. The molecule has 0 amide bonds. The molecule has 10 nitrogen and oxygen atoms in total. The number of halogens is 2. The third-order valence-corrected chi connectivity index (χ3v) is 12.8. The maximum Gasteiger partial charge on any atom is 0.194 e. The highest BCUT2D eigenvalue weighted by Gasteiger charge is 2.45. The van der Waals surface area contributed by atoms with Crippen molar-refractivity contribution < 1.29 is 33.7 Å². The van der Waals surface area contributed by atoms with E-state index in [2.05, 4.69) is 27.6 Å². The second kappa shape index (κ2) is 11.4. The molecule has 3 heterocycles. The molecule has 1 aliphatic rings. The predicted octanol–water partition coefficient (Wildman–Crippen LogP) is 3.52. The van der Waals surface area contributed by atoms with Gasteiger partial charge in [0.1, 0.15) is 34.7 Å². The zero-order valence-electron chi connectivity index (χ0n) is 19.1. The van der Waals surface area contributed by atoms with E-state index >= 15 is 0 Å². The molecule has 5 N–H and O–H groups in total. The van der Waals surface area contributed by atoms with Crippen LogP contribution in [0.2, 0.25) is 5.15 Å². The number of hydrogen-bond acceptors (Lipinski definition) is 9. The molecule has 2 aromatic heterocycles. The van der Waals surface area contributed by atoms with Gasteiger partial charge in [0.2, 0.25) is 0 Å². The number of aliphatic hydroxyl groups is 2. The van der Waals surface area contributed by atoms with E-state index in [1.54, 1.807) is 31.2 Å². The van der Waals surface area contributed by atoms with Crippen molar-refractivity contribution in [2.24, 2.45) is 0 Å². The van der Waals surface area contributed by atoms with Gasteiger partial charge in [-0.15, -0.1) is 12.2 Å². The van der Waals surface area contributed by atoms with Crippen molar-refractivity contribution in [3.05, 3.63) is 53.1 Å². The first-order valence-corrected chi connectivity index (χ1v) is 18.2. The van der Waals surface area contributed by atoms with Crippen LogP contribution in [-0.2, 0) is 32.9 Å². The van der Waals surface area contributed by atoms with Crippen LogP contribution in [0.25, 0.3) is 11.0 Å². The topological polar surface area (TPSA) is 142 Å². The molecule has 3 aromatic rings. The molecule has 2 unspecified atom stereocenters. The summed E-state index contributed by atoms with van der Waals surface area (Å²) in [6, 6.07) is 7.53. The third kappa shape index (κ3) is 6.89. The van der Waals surface area contributed by atoms with Crippen LogP contribution in [0, 0.1) is 5.82 Å². The zero-order chi connectivity index (χ0) is 27.1. The second-order valence-corrected chi connectivity index (χ2v) is 19.2. The maximum absolute atomic E-state index is 14.3. The minimum atomic E-state index is -3.50. The summed E-state index contributed by atoms with van der Waals surface area (Å²) < 4.78 is 26.7. The molecule has 1 aliphatic heterocycles. The number of anilines is 1. The Labute approximate surface area is 232 Å². The quantitative estimate of drug-likeness (QED) is 0.118. The summed E-state index contributed by atoms with van der Waals surface area (Å²) in [6.45, 7) is -2.07. The molecule has 0 spiro atoms. The molecule has 1 fully saturated rings.